The molecule has 2 N–H and O–H groups in total. The number of anilines is 1. The Morgan fingerprint density at radius 1 is 0.914 bits per heavy atom. The zero-order valence-corrected chi connectivity index (χ0v) is 20.8. The number of hydrogen-bond donors (Lipinski definition) is 2. The molecule has 0 amide bonds. The highest BCUT2D eigenvalue weighted by atomic mass is 16.5. The third kappa shape index (κ3) is 3.75. The molecule has 35 heavy (non-hydrogen) atoms. The predicted octanol–water partition coefficient (Wildman–Crippen LogP) is 6.58. The van der Waals surface area contributed by atoms with E-state index in [-0.39, 0.29) is 11.3 Å². The molecule has 0 unspecified atom stereocenters. The van der Waals surface area contributed by atoms with Gasteiger partial charge in [-0.25, -0.2) is 0 Å². The van der Waals surface area contributed by atoms with Crippen LogP contribution in [0.5, 0.6) is 28.7 Å². The van der Waals surface area contributed by atoms with E-state index in [0.29, 0.717) is 23.0 Å². The van der Waals surface area contributed by atoms with Crippen LogP contribution in [0.3, 0.4) is 0 Å². The largest absolute Gasteiger partial charge is 0.504 e. The number of rotatable bonds is 4. The predicted molar refractivity (Wildman–Crippen MR) is 139 cm³/mol. The molecule has 2 aliphatic heterocycles. The normalized spacial score (nSPS) is 16.2. The average molecular weight is 472 g/mol. The maximum Gasteiger partial charge on any atom is 0.172 e. The second-order valence-electron chi connectivity index (χ2n) is 9.29. The zero-order chi connectivity index (χ0) is 24.9. The van der Waals surface area contributed by atoms with Gasteiger partial charge in [0.15, 0.2) is 11.5 Å². The molecule has 0 atom stereocenters. The fraction of sp³-hybridized carbons (Fsp3) is 0.241. The van der Waals surface area contributed by atoms with Crippen molar-refractivity contribution in [2.75, 3.05) is 26.6 Å². The van der Waals surface area contributed by atoms with Crippen molar-refractivity contribution in [2.24, 2.45) is 0 Å². The van der Waals surface area contributed by atoms with Crippen molar-refractivity contribution in [3.63, 3.8) is 0 Å². The highest BCUT2D eigenvalue weighted by Crippen LogP contribution is 2.54. The number of benzene rings is 3. The standard InChI is InChI=1S/C29H29NO5/c1-16-15-29(2,3)30-20-9-8-19-26(25(16)20)24(14-17-13-18(32-4)7-11-22(17)33-5)35-23-12-10-21(31)28(34-6)27(19)23/h7-15,30-31H,1-6H3/b24-14-. The van der Waals surface area contributed by atoms with Crippen molar-refractivity contribution in [2.45, 2.75) is 26.3 Å². The molecule has 3 aromatic carbocycles. The maximum atomic E-state index is 10.5. The summed E-state index contributed by atoms with van der Waals surface area (Å²) in [7, 11) is 4.83. The fourth-order valence-corrected chi connectivity index (χ4v) is 5.04. The lowest BCUT2D eigenvalue weighted by molar-refractivity contribution is 0.371. The molecule has 5 rings (SSSR count). The van der Waals surface area contributed by atoms with E-state index in [1.54, 1.807) is 33.5 Å². The third-order valence-corrected chi connectivity index (χ3v) is 6.40. The van der Waals surface area contributed by atoms with Gasteiger partial charge in [0.25, 0.3) is 0 Å². The van der Waals surface area contributed by atoms with Crippen molar-refractivity contribution < 1.29 is 24.1 Å². The van der Waals surface area contributed by atoms with Crippen LogP contribution in [0.15, 0.2) is 48.5 Å². The fourth-order valence-electron chi connectivity index (χ4n) is 5.04. The lowest BCUT2D eigenvalue weighted by atomic mass is 9.82. The van der Waals surface area contributed by atoms with Crippen molar-refractivity contribution in [1.29, 1.82) is 0 Å². The van der Waals surface area contributed by atoms with Gasteiger partial charge in [-0.3, -0.25) is 0 Å². The van der Waals surface area contributed by atoms with Gasteiger partial charge in [0.1, 0.15) is 23.0 Å². The van der Waals surface area contributed by atoms with E-state index in [9.17, 15) is 5.11 Å². The molecule has 0 aliphatic carbocycles. The SMILES string of the molecule is COc1ccc(OC)c(/C=C2\Oc3ccc(O)c(OC)c3-c3ccc4c(c32)C(C)=CC(C)(C)N4)c1. The molecule has 0 aromatic heterocycles. The minimum absolute atomic E-state index is 0.0620. The number of phenols is 1. The van der Waals surface area contributed by atoms with Gasteiger partial charge < -0.3 is 29.4 Å². The van der Waals surface area contributed by atoms with Crippen molar-refractivity contribution in [3.05, 3.63) is 65.2 Å². The molecular formula is C29H29NO5. The summed E-state index contributed by atoms with van der Waals surface area (Å²) in [5.41, 5.74) is 6.39. The first-order chi connectivity index (χ1) is 16.8. The lowest BCUT2D eigenvalue weighted by Crippen LogP contribution is -2.32. The summed E-state index contributed by atoms with van der Waals surface area (Å²) in [4.78, 5) is 0. The van der Waals surface area contributed by atoms with E-state index in [0.717, 1.165) is 44.8 Å². The Labute approximate surface area is 205 Å². The Morgan fingerprint density at radius 2 is 1.71 bits per heavy atom. The molecule has 3 aromatic rings. The van der Waals surface area contributed by atoms with Gasteiger partial charge in [-0.15, -0.1) is 0 Å². The van der Waals surface area contributed by atoms with Gasteiger partial charge in [0, 0.05) is 27.9 Å². The highest BCUT2D eigenvalue weighted by molar-refractivity contribution is 6.02. The van der Waals surface area contributed by atoms with E-state index in [1.165, 1.54) is 0 Å². The van der Waals surface area contributed by atoms with Crippen LogP contribution in [-0.2, 0) is 0 Å². The van der Waals surface area contributed by atoms with Gasteiger partial charge in [0.2, 0.25) is 0 Å². The van der Waals surface area contributed by atoms with Gasteiger partial charge in [-0.2, -0.15) is 0 Å². The lowest BCUT2D eigenvalue weighted by Gasteiger charge is -2.35. The summed E-state index contributed by atoms with van der Waals surface area (Å²) >= 11 is 0. The van der Waals surface area contributed by atoms with Crippen molar-refractivity contribution in [1.82, 2.24) is 0 Å². The Balaban J connectivity index is 1.84. The number of aromatic hydroxyl groups is 1. The van der Waals surface area contributed by atoms with E-state index < -0.39 is 0 Å². The summed E-state index contributed by atoms with van der Waals surface area (Å²) in [5, 5.41) is 14.2. The molecule has 0 bridgehead atoms. The minimum atomic E-state index is -0.186. The number of hydrogen-bond acceptors (Lipinski definition) is 6. The maximum absolute atomic E-state index is 10.5. The van der Waals surface area contributed by atoms with E-state index >= 15 is 0 Å². The topological polar surface area (TPSA) is 69.2 Å². The number of nitrogens with one attached hydrogen (secondary N) is 1. The number of ether oxygens (including phenoxy) is 4. The molecule has 0 fully saturated rings. The van der Waals surface area contributed by atoms with Crippen LogP contribution >= 0.6 is 0 Å². The Morgan fingerprint density at radius 3 is 2.43 bits per heavy atom. The van der Waals surface area contributed by atoms with Crippen LogP contribution in [0.25, 0.3) is 28.5 Å². The van der Waals surface area contributed by atoms with E-state index in [4.69, 9.17) is 18.9 Å². The molecular weight excluding hydrogens is 442 g/mol. The molecule has 0 saturated heterocycles. The summed E-state index contributed by atoms with van der Waals surface area (Å²) in [5.74, 6) is 3.13. The van der Waals surface area contributed by atoms with Gasteiger partial charge in [0.05, 0.1) is 32.4 Å². The Bertz CT molecular complexity index is 1400. The number of phenolic OH excluding ortho intramolecular Hbond substituents is 1. The summed E-state index contributed by atoms with van der Waals surface area (Å²) < 4.78 is 23.2. The van der Waals surface area contributed by atoms with Crippen LogP contribution < -0.4 is 24.3 Å². The number of fused-ring (bicyclic) bond motifs is 5. The van der Waals surface area contributed by atoms with Gasteiger partial charge >= 0.3 is 0 Å². The first kappa shape index (κ1) is 22.7. The second-order valence-corrected chi connectivity index (χ2v) is 9.29. The molecule has 0 radical (unpaired) electrons. The van der Waals surface area contributed by atoms with Gasteiger partial charge in [-0.1, -0.05) is 12.1 Å². The van der Waals surface area contributed by atoms with Crippen molar-refractivity contribution >= 4 is 23.1 Å². The van der Waals surface area contributed by atoms with Crippen LogP contribution in [-0.4, -0.2) is 32.0 Å². The first-order valence-corrected chi connectivity index (χ1v) is 11.4. The van der Waals surface area contributed by atoms with Crippen LogP contribution in [0.1, 0.15) is 37.5 Å². The molecule has 2 aliphatic rings. The molecule has 180 valence electrons. The molecule has 2 heterocycles. The van der Waals surface area contributed by atoms with E-state index in [2.05, 4.69) is 44.3 Å². The molecule has 0 saturated carbocycles. The average Bonchev–Trinajstić information content (AvgIpc) is 2.83. The van der Waals surface area contributed by atoms with E-state index in [1.807, 2.05) is 24.3 Å². The summed E-state index contributed by atoms with van der Waals surface area (Å²) in [6.45, 7) is 6.40. The monoisotopic (exact) mass is 471 g/mol. The zero-order valence-electron chi connectivity index (χ0n) is 20.8. The van der Waals surface area contributed by atoms with Crippen LogP contribution in [0.4, 0.5) is 5.69 Å². The Hall–Kier alpha value is -4.06. The first-order valence-electron chi connectivity index (χ1n) is 11.4. The van der Waals surface area contributed by atoms with Crippen molar-refractivity contribution in [3.8, 4) is 39.9 Å². The highest BCUT2D eigenvalue weighted by Gasteiger charge is 2.33. The number of methoxy groups -OCH3 is 3. The van der Waals surface area contributed by atoms with Gasteiger partial charge in [-0.05, 0) is 68.8 Å². The second kappa shape index (κ2) is 8.31. The quantitative estimate of drug-likeness (QED) is 0.448. The minimum Gasteiger partial charge on any atom is -0.504 e. The summed E-state index contributed by atoms with van der Waals surface area (Å²) in [6, 6.07) is 13.1. The smallest absolute Gasteiger partial charge is 0.172 e. The molecule has 6 heteroatoms. The Kier molecular flexibility index (Phi) is 5.39. The van der Waals surface area contributed by atoms with Crippen LogP contribution in [0.2, 0.25) is 0 Å². The van der Waals surface area contributed by atoms with Crippen LogP contribution in [0, 0.1) is 0 Å². The molecule has 0 spiro atoms. The molecule has 6 nitrogen and oxygen atoms in total. The number of allylic oxidation sites excluding steroid dienone is 1. The summed E-state index contributed by atoms with van der Waals surface area (Å²) in [6.07, 6.45) is 4.18. The third-order valence-electron chi connectivity index (χ3n) is 6.40.